The predicted molar refractivity (Wildman–Crippen MR) is 247 cm³/mol. The van der Waals surface area contributed by atoms with Gasteiger partial charge in [-0.3, -0.25) is 21.5 Å². The molecule has 0 bridgehead atoms. The minimum atomic E-state index is -0.750. The summed E-state index contributed by atoms with van der Waals surface area (Å²) in [6, 6.07) is 0. The molecule has 0 amide bonds. The third-order valence-electron chi connectivity index (χ3n) is 2.16. The maximum absolute atomic E-state index is 9.94. The van der Waals surface area contributed by atoms with E-state index in [4.69, 9.17) is 104 Å². The van der Waals surface area contributed by atoms with Crippen molar-refractivity contribution in [2.75, 3.05) is 31.5 Å². The van der Waals surface area contributed by atoms with E-state index in [2.05, 4.69) is 92.6 Å². The Hall–Kier alpha value is 1.39. The van der Waals surface area contributed by atoms with E-state index >= 15 is 0 Å². The maximum atomic E-state index is 9.94. The van der Waals surface area contributed by atoms with Crippen molar-refractivity contribution in [3.8, 4) is 0 Å². The first-order valence-electron chi connectivity index (χ1n) is 14.8. The van der Waals surface area contributed by atoms with Gasteiger partial charge in [0, 0.05) is 58.0 Å². The second kappa shape index (κ2) is 131. The minimum absolute atomic E-state index is 0. The molecule has 5 unspecified atom stereocenters. The monoisotopic (exact) mass is 1650 g/mol. The van der Waals surface area contributed by atoms with Gasteiger partial charge in [-0.15, -0.1) is 12.8 Å². The number of aliphatic hydroxyl groups is 6. The summed E-state index contributed by atoms with van der Waals surface area (Å²) in [6.45, 7) is 17.8. The second-order valence-electron chi connectivity index (χ2n) is 8.74. The van der Waals surface area contributed by atoms with Crippen LogP contribution in [0.25, 0.3) is 37.6 Å². The number of aldehydes is 1. The number of carbonyl (C=O) groups excluding carboxylic acids is 4. The number of nitrogens with two attached hydrogens (primary N) is 1. The van der Waals surface area contributed by atoms with Crippen molar-refractivity contribution >= 4 is 115 Å². The van der Waals surface area contributed by atoms with Crippen LogP contribution in [0.3, 0.4) is 0 Å². The number of nitrogens with zero attached hydrogens (tertiary/aromatic N) is 8. The summed E-state index contributed by atoms with van der Waals surface area (Å²) in [6.07, 6.45) is 0.380. The van der Waals surface area contributed by atoms with E-state index in [1.165, 1.54) is 45.7 Å². The van der Waals surface area contributed by atoms with Crippen molar-refractivity contribution in [1.82, 2.24) is 5.32 Å². The zero-order valence-electron chi connectivity index (χ0n) is 36.0. The van der Waals surface area contributed by atoms with Crippen LogP contribution in [0, 0.1) is 28.1 Å². The Balaban J connectivity index is -0.0000000231. The van der Waals surface area contributed by atoms with E-state index in [1.54, 1.807) is 27.7 Å². The van der Waals surface area contributed by atoms with E-state index < -0.39 is 22.6 Å². The Kier molecular flexibility index (Phi) is 245. The van der Waals surface area contributed by atoms with Crippen LogP contribution in [-0.4, -0.2) is 133 Å². The minimum Gasteiger partial charge on any atom is -0.812 e. The number of Topliss-reactive ketones (excluding diaryl/α,β-unsaturated/α-hetero) is 3. The standard InChI is InChI=1S/C4H10NO.C4H8NO.C3H5BrO.C3H5N3O.C3H9NO.C3H8NO.C3H6NO.C3H6O.C2H3O.CHCl3.CH3O.Br2.N3.Na.3W/c2*1-4(6)3-5-2;1-3(5)2-4;1-3(7)2-5-6-4;3*1-3(5)2-4;1-3(2)4;1-2-3;2-1(3)4;2*1-2;1-3-2;;;;/h4-6H,2-3H2,1H3;3-4,6H,2H2,1H3;2H2,1H3;2H2,1H3;3,5H,2,4H2,1H3;3-5H,2H2,1H3;2-3,5H,1H3;1-2H3;2H,1H2;1H;2H,1H2;;;;;;/q2*-1;;;;2*-1;;-1;;-1;;-1;+1;3*+2. The van der Waals surface area contributed by atoms with Crippen LogP contribution in [-0.2, 0) is 82.4 Å². The van der Waals surface area contributed by atoms with Gasteiger partial charge in [-0.1, -0.05) is 55.8 Å². The van der Waals surface area contributed by atoms with Gasteiger partial charge in [-0.25, -0.2) is 7.11 Å². The number of hydrogen-bond acceptors (Lipinski definition) is 14. The summed E-state index contributed by atoms with van der Waals surface area (Å²) in [7, 11) is 8.70. The molecule has 0 aliphatic heterocycles. The van der Waals surface area contributed by atoms with Gasteiger partial charge in [0.2, 0.25) is 0 Å². The van der Waals surface area contributed by atoms with E-state index in [9.17, 15) is 14.4 Å². The zero-order chi connectivity index (χ0) is 49.4. The average Bonchev–Trinajstić information content (AvgIpc) is 3.10. The van der Waals surface area contributed by atoms with Crippen molar-refractivity contribution in [1.29, 1.82) is 0 Å². The van der Waals surface area contributed by atoms with Crippen LogP contribution < -0.4 is 40.6 Å². The van der Waals surface area contributed by atoms with E-state index in [0.717, 1.165) is 6.21 Å². The van der Waals surface area contributed by atoms with Crippen LogP contribution in [0.15, 0.2) is 10.1 Å². The van der Waals surface area contributed by atoms with Crippen molar-refractivity contribution in [2.24, 2.45) is 15.8 Å². The van der Waals surface area contributed by atoms with Gasteiger partial charge in [-0.2, -0.15) is 13.3 Å². The molecule has 0 heterocycles. The first-order valence-corrected chi connectivity index (χ1v) is 21.0. The van der Waals surface area contributed by atoms with E-state index in [-0.39, 0.29) is 135 Å². The van der Waals surface area contributed by atoms with Crippen molar-refractivity contribution in [3.63, 3.8) is 0 Å². The number of halogens is 6. The van der Waals surface area contributed by atoms with Gasteiger partial charge in [0.25, 0.3) is 0 Å². The number of azide groups is 1. The summed E-state index contributed by atoms with van der Waals surface area (Å²) >= 11 is 22.9. The number of alkyl halides is 4. The molecule has 0 aromatic heterocycles. The molecule has 0 saturated carbocycles. The van der Waals surface area contributed by atoms with Crippen LogP contribution in [0.2, 0.25) is 0 Å². The molecule has 0 spiro atoms. The van der Waals surface area contributed by atoms with Crippen LogP contribution in [0.5, 0.6) is 0 Å². The second-order valence-corrected chi connectivity index (χ2v) is 11.3. The molecule has 0 aliphatic rings. The van der Waals surface area contributed by atoms with Gasteiger partial charge in [0.05, 0.1) is 24.1 Å². The van der Waals surface area contributed by atoms with Crippen LogP contribution in [0.4, 0.5) is 0 Å². The van der Waals surface area contributed by atoms with E-state index in [0.29, 0.717) is 24.7 Å². The smallest absolute Gasteiger partial charge is 0.812 e. The summed E-state index contributed by atoms with van der Waals surface area (Å²) in [4.78, 5) is 45.0. The molecule has 0 saturated heterocycles. The molecule has 61 heavy (non-hydrogen) atoms. The molecule has 0 aromatic rings. The first-order chi connectivity index (χ1) is 26.2. The molecule has 360 valence electrons. The molecular weight excluding hydrogens is 1590 g/mol. The summed E-state index contributed by atoms with van der Waals surface area (Å²) in [5.74, 6) is 0.225. The molecule has 0 aliphatic carbocycles. The number of rotatable bonds is 9. The summed E-state index contributed by atoms with van der Waals surface area (Å²) < 4.78 is -0.750. The number of carbonyl (C=O) groups is 4. The Bertz CT molecular complexity index is 875. The molecule has 0 radical (unpaired) electrons. The molecule has 10 N–H and O–H groups in total. The Morgan fingerprint density at radius 3 is 1.10 bits per heavy atom. The van der Waals surface area contributed by atoms with Crippen LogP contribution >= 0.6 is 79.0 Å². The third kappa shape index (κ3) is 576. The van der Waals surface area contributed by atoms with Gasteiger partial charge in [0.15, 0.2) is 4.30 Å². The molecule has 0 rings (SSSR count). The fourth-order valence-electron chi connectivity index (χ4n) is 0.493. The predicted octanol–water partition coefficient (Wildman–Crippen LogP) is 3.89. The summed E-state index contributed by atoms with van der Waals surface area (Å²) in [5, 5.41) is 61.8. The molecule has 0 fully saturated rings. The third-order valence-corrected chi connectivity index (χ3v) is 2.95. The normalized spacial score (nSPS) is 9.54. The van der Waals surface area contributed by atoms with Crippen molar-refractivity contribution in [2.45, 2.75) is 97.1 Å². The Morgan fingerprint density at radius 1 is 0.852 bits per heavy atom. The van der Waals surface area contributed by atoms with Crippen molar-refractivity contribution < 1.29 is 143 Å². The topological polar surface area (TPSA) is 394 Å². The molecule has 0 aromatic carbocycles. The number of aliphatic imine (C=N–C) groups is 1. The van der Waals surface area contributed by atoms with Gasteiger partial charge in [0.1, 0.15) is 17.3 Å². The molecule has 31 heteroatoms. The SMILES string of the molecule is BrBr.CC(=O)CBr.CC(=O)CN=[N+]=[N-].CC(C)=O.CC(O)C=[N-].CC(O)CN.CC(O)C[NH-].ClC(Cl)Cl.[CH2-]C=O.[CH2-]N=CC(C)O.[CH2-]NCC(C)O.[CH2-]O.[N-]=[N+]=[N-].[Na+].[W+2].[W+2].[W+2]. The fourth-order valence-corrected chi connectivity index (χ4v) is 0.493. The molecule has 5 atom stereocenters. The largest absolute Gasteiger partial charge is 2.00 e. The number of aliphatic hydroxyl groups excluding tert-OH is 6. The number of hydrogen-bond donors (Lipinski definition) is 8. The van der Waals surface area contributed by atoms with Gasteiger partial charge in [-0.05, 0) is 80.7 Å². The van der Waals surface area contributed by atoms with Gasteiger partial charge >= 0.3 is 92.8 Å². The number of nitrogens with one attached hydrogen (secondary N) is 2. The van der Waals surface area contributed by atoms with Crippen LogP contribution in [0.1, 0.15) is 62.3 Å². The fraction of sp³-hybridized carbons (Fsp3) is 0.667. The summed E-state index contributed by atoms with van der Waals surface area (Å²) in [5.41, 5.74) is 32.4. The van der Waals surface area contributed by atoms with Crippen molar-refractivity contribution in [3.05, 3.63) is 65.7 Å². The average molecular weight is 1660 g/mol. The van der Waals surface area contributed by atoms with E-state index in [1.807, 2.05) is 0 Å². The number of ketones is 3. The Morgan fingerprint density at radius 2 is 1.08 bits per heavy atom. The van der Waals surface area contributed by atoms with Gasteiger partial charge < -0.3 is 85.4 Å². The maximum Gasteiger partial charge on any atom is 2.00 e. The Labute approximate surface area is 467 Å². The molecule has 21 nitrogen and oxygen atoms in total. The zero-order valence-corrected chi connectivity index (χ0v) is 53.8. The first kappa shape index (κ1) is 114. The quantitative estimate of drug-likeness (QED) is 0.0238. The molecular formula is C30H64Br3Cl3N11NaO10W3.